The van der Waals surface area contributed by atoms with Crippen molar-refractivity contribution < 1.29 is 9.18 Å². The molecule has 0 saturated carbocycles. The zero-order valence-corrected chi connectivity index (χ0v) is 6.83. The predicted molar refractivity (Wildman–Crippen MR) is 49.3 cm³/mol. The molecule has 0 aromatic heterocycles. The van der Waals surface area contributed by atoms with Crippen molar-refractivity contribution in [2.75, 3.05) is 0 Å². The molecule has 0 bridgehead atoms. The third-order valence-corrected chi connectivity index (χ3v) is 1.97. The Bertz CT molecular complexity index is 463. The summed E-state index contributed by atoms with van der Waals surface area (Å²) >= 11 is 0. The van der Waals surface area contributed by atoms with E-state index in [2.05, 4.69) is 0 Å². The Labute approximate surface area is 74.8 Å². The monoisotopic (exact) mass is 174 g/mol. The predicted octanol–water partition coefficient (Wildman–Crippen LogP) is 2.79. The molecule has 0 saturated heterocycles. The van der Waals surface area contributed by atoms with E-state index in [1.807, 2.05) is 6.07 Å². The van der Waals surface area contributed by atoms with Gasteiger partial charge < -0.3 is 0 Å². The van der Waals surface area contributed by atoms with Crippen molar-refractivity contribution in [2.24, 2.45) is 0 Å². The van der Waals surface area contributed by atoms with Gasteiger partial charge in [-0.3, -0.25) is 4.79 Å². The fraction of sp³-hybridized carbons (Fsp3) is 0. The summed E-state index contributed by atoms with van der Waals surface area (Å²) in [5, 5.41) is 1.30. The lowest BCUT2D eigenvalue weighted by atomic mass is 10.1. The minimum absolute atomic E-state index is 0.347. The zero-order valence-electron chi connectivity index (χ0n) is 6.83. The molecule has 0 aliphatic carbocycles. The SMILES string of the molecule is O=Cc1cc(F)c2ccccc2c1. The Hall–Kier alpha value is -1.70. The highest BCUT2D eigenvalue weighted by Gasteiger charge is 2.01. The highest BCUT2D eigenvalue weighted by Crippen LogP contribution is 2.18. The second kappa shape index (κ2) is 2.98. The van der Waals surface area contributed by atoms with Gasteiger partial charge in [0.25, 0.3) is 0 Å². The second-order valence-corrected chi connectivity index (χ2v) is 2.84. The number of hydrogen-bond donors (Lipinski definition) is 0. The van der Waals surface area contributed by atoms with Crippen LogP contribution in [0.5, 0.6) is 0 Å². The van der Waals surface area contributed by atoms with Gasteiger partial charge in [-0.05, 0) is 17.5 Å². The summed E-state index contributed by atoms with van der Waals surface area (Å²) in [5.41, 5.74) is 0.371. The quantitative estimate of drug-likeness (QED) is 0.607. The molecule has 2 aromatic rings. The van der Waals surface area contributed by atoms with Gasteiger partial charge in [0.15, 0.2) is 0 Å². The highest BCUT2D eigenvalue weighted by atomic mass is 19.1. The van der Waals surface area contributed by atoms with E-state index in [1.54, 1.807) is 24.3 Å². The molecule has 0 amide bonds. The molecule has 0 unspecified atom stereocenters. The van der Waals surface area contributed by atoms with E-state index in [0.29, 0.717) is 17.2 Å². The van der Waals surface area contributed by atoms with Crippen molar-refractivity contribution in [1.29, 1.82) is 0 Å². The van der Waals surface area contributed by atoms with Gasteiger partial charge in [-0.1, -0.05) is 24.3 Å². The van der Waals surface area contributed by atoms with Gasteiger partial charge in [0.2, 0.25) is 0 Å². The summed E-state index contributed by atoms with van der Waals surface area (Å²) in [4.78, 5) is 10.4. The Morgan fingerprint density at radius 2 is 1.92 bits per heavy atom. The van der Waals surface area contributed by atoms with Crippen LogP contribution in [0.15, 0.2) is 36.4 Å². The molecule has 2 rings (SSSR count). The van der Waals surface area contributed by atoms with Crippen LogP contribution >= 0.6 is 0 Å². The van der Waals surface area contributed by atoms with Crippen molar-refractivity contribution in [3.05, 3.63) is 47.8 Å². The van der Waals surface area contributed by atoms with E-state index in [0.717, 1.165) is 5.39 Å². The highest BCUT2D eigenvalue weighted by molar-refractivity contribution is 5.89. The maximum Gasteiger partial charge on any atom is 0.150 e. The lowest BCUT2D eigenvalue weighted by Crippen LogP contribution is -1.84. The molecule has 2 aromatic carbocycles. The molecule has 2 heteroatoms. The van der Waals surface area contributed by atoms with Crippen molar-refractivity contribution in [1.82, 2.24) is 0 Å². The number of aldehydes is 1. The van der Waals surface area contributed by atoms with Gasteiger partial charge >= 0.3 is 0 Å². The maximum absolute atomic E-state index is 13.3. The van der Waals surface area contributed by atoms with Gasteiger partial charge in [-0.15, -0.1) is 0 Å². The molecule has 0 N–H and O–H groups in total. The van der Waals surface area contributed by atoms with E-state index in [4.69, 9.17) is 0 Å². The van der Waals surface area contributed by atoms with Crippen LogP contribution in [0.2, 0.25) is 0 Å². The molecule has 1 nitrogen and oxygen atoms in total. The largest absolute Gasteiger partial charge is 0.298 e. The number of carbonyl (C=O) groups is 1. The normalized spacial score (nSPS) is 10.2. The van der Waals surface area contributed by atoms with E-state index >= 15 is 0 Å². The first-order valence-electron chi connectivity index (χ1n) is 3.95. The molecule has 0 atom stereocenters. The number of carbonyl (C=O) groups excluding carboxylic acids is 1. The van der Waals surface area contributed by atoms with Gasteiger partial charge in [0.05, 0.1) is 0 Å². The van der Waals surface area contributed by atoms with Crippen LogP contribution in [-0.2, 0) is 0 Å². The smallest absolute Gasteiger partial charge is 0.150 e. The van der Waals surface area contributed by atoms with Crippen LogP contribution < -0.4 is 0 Å². The fourth-order valence-corrected chi connectivity index (χ4v) is 1.35. The van der Waals surface area contributed by atoms with Crippen LogP contribution in [-0.4, -0.2) is 6.29 Å². The van der Waals surface area contributed by atoms with E-state index in [9.17, 15) is 9.18 Å². The Balaban J connectivity index is 2.84. The summed E-state index contributed by atoms with van der Waals surface area (Å²) < 4.78 is 13.3. The number of halogens is 1. The second-order valence-electron chi connectivity index (χ2n) is 2.84. The Kier molecular flexibility index (Phi) is 1.81. The fourth-order valence-electron chi connectivity index (χ4n) is 1.35. The van der Waals surface area contributed by atoms with E-state index < -0.39 is 0 Å². The molecule has 0 radical (unpaired) electrons. The van der Waals surface area contributed by atoms with Crippen molar-refractivity contribution in [2.45, 2.75) is 0 Å². The first-order valence-corrected chi connectivity index (χ1v) is 3.95. The van der Waals surface area contributed by atoms with Gasteiger partial charge in [0, 0.05) is 10.9 Å². The molecule has 64 valence electrons. The first kappa shape index (κ1) is 7.92. The number of benzene rings is 2. The summed E-state index contributed by atoms with van der Waals surface area (Å²) in [6.45, 7) is 0. The first-order chi connectivity index (χ1) is 6.31. The molecular weight excluding hydrogens is 167 g/mol. The molecular formula is C11H7FO. The Morgan fingerprint density at radius 3 is 2.69 bits per heavy atom. The number of rotatable bonds is 1. The van der Waals surface area contributed by atoms with Crippen LogP contribution in [0.25, 0.3) is 10.8 Å². The third-order valence-electron chi connectivity index (χ3n) is 1.97. The Morgan fingerprint density at radius 1 is 1.15 bits per heavy atom. The van der Waals surface area contributed by atoms with Crippen molar-refractivity contribution >= 4 is 17.1 Å². The lowest BCUT2D eigenvalue weighted by Gasteiger charge is -1.99. The van der Waals surface area contributed by atoms with Crippen molar-refractivity contribution in [3.8, 4) is 0 Å². The standard InChI is InChI=1S/C11H7FO/c12-11-6-8(7-13)5-9-3-1-2-4-10(9)11/h1-7H. The zero-order chi connectivity index (χ0) is 9.26. The molecule has 0 aliphatic rings. The average molecular weight is 174 g/mol. The molecule has 0 heterocycles. The minimum atomic E-state index is -0.347. The van der Waals surface area contributed by atoms with Crippen LogP contribution in [0.4, 0.5) is 4.39 Å². The third kappa shape index (κ3) is 1.31. The van der Waals surface area contributed by atoms with Crippen molar-refractivity contribution in [3.63, 3.8) is 0 Å². The van der Waals surface area contributed by atoms with Crippen LogP contribution in [0, 0.1) is 5.82 Å². The van der Waals surface area contributed by atoms with Gasteiger partial charge in [-0.25, -0.2) is 4.39 Å². The van der Waals surface area contributed by atoms with Crippen LogP contribution in [0.1, 0.15) is 10.4 Å². The number of fused-ring (bicyclic) bond motifs is 1. The van der Waals surface area contributed by atoms with Gasteiger partial charge in [-0.2, -0.15) is 0 Å². The van der Waals surface area contributed by atoms with Gasteiger partial charge in [0.1, 0.15) is 12.1 Å². The average Bonchev–Trinajstić information content (AvgIpc) is 2.18. The summed E-state index contributed by atoms with van der Waals surface area (Å²) in [6.07, 6.45) is 0.648. The van der Waals surface area contributed by atoms with E-state index in [1.165, 1.54) is 6.07 Å². The lowest BCUT2D eigenvalue weighted by molar-refractivity contribution is 0.112. The molecule has 13 heavy (non-hydrogen) atoms. The maximum atomic E-state index is 13.3. The summed E-state index contributed by atoms with van der Waals surface area (Å²) in [6, 6.07) is 9.98. The summed E-state index contributed by atoms with van der Waals surface area (Å²) in [7, 11) is 0. The number of hydrogen-bond acceptors (Lipinski definition) is 1. The molecule has 0 fully saturated rings. The van der Waals surface area contributed by atoms with E-state index in [-0.39, 0.29) is 5.82 Å². The van der Waals surface area contributed by atoms with Crippen LogP contribution in [0.3, 0.4) is 0 Å². The summed E-state index contributed by atoms with van der Waals surface area (Å²) in [5.74, 6) is -0.347. The molecule has 0 spiro atoms. The minimum Gasteiger partial charge on any atom is -0.298 e. The molecule has 0 aliphatic heterocycles. The topological polar surface area (TPSA) is 17.1 Å².